The predicted octanol–water partition coefficient (Wildman–Crippen LogP) is 2.63. The molecule has 0 amide bonds. The molecule has 0 aromatic heterocycles. The Hall–Kier alpha value is 0.700. The minimum absolute atomic E-state index is 0.897. The third-order valence-corrected chi connectivity index (χ3v) is 5.06. The lowest BCUT2D eigenvalue weighted by Crippen LogP contribution is -2.21. The molecule has 0 saturated carbocycles. The highest BCUT2D eigenvalue weighted by atomic mass is 32.2. The molecule has 1 saturated heterocycles. The summed E-state index contributed by atoms with van der Waals surface area (Å²) >= 11 is 4.28. The van der Waals surface area contributed by atoms with Crippen molar-refractivity contribution in [3.8, 4) is 0 Å². The van der Waals surface area contributed by atoms with Gasteiger partial charge < -0.3 is 0 Å². The molecule has 2 atom stereocenters. The Bertz CT molecular complexity index is 83.0. The lowest BCUT2D eigenvalue weighted by molar-refractivity contribution is 0.803. The van der Waals surface area contributed by atoms with Crippen LogP contribution in [0.2, 0.25) is 0 Å². The first-order valence-electron chi connectivity index (χ1n) is 3.57. The van der Waals surface area contributed by atoms with E-state index in [0.29, 0.717) is 0 Å². The maximum Gasteiger partial charge on any atom is 0.0161 e. The molecule has 2 heteroatoms. The number of hydrogen-bond acceptors (Lipinski definition) is 2. The number of thioether (sulfide) groups is 2. The summed E-state index contributed by atoms with van der Waals surface area (Å²) in [4.78, 5) is 0. The zero-order valence-electron chi connectivity index (χ0n) is 6.09. The molecule has 2 unspecified atom stereocenters. The van der Waals surface area contributed by atoms with E-state index < -0.39 is 0 Å². The van der Waals surface area contributed by atoms with Gasteiger partial charge in [0.05, 0.1) is 0 Å². The van der Waals surface area contributed by atoms with Crippen molar-refractivity contribution in [1.29, 1.82) is 0 Å². The van der Waals surface area contributed by atoms with Crippen LogP contribution in [0.15, 0.2) is 0 Å². The second-order valence-corrected chi connectivity index (χ2v) is 5.23. The summed E-state index contributed by atoms with van der Waals surface area (Å²) in [5.41, 5.74) is 0. The Balaban J connectivity index is 2.30. The minimum Gasteiger partial charge on any atom is -0.157 e. The van der Waals surface area contributed by atoms with Crippen LogP contribution in [0.1, 0.15) is 20.3 Å². The van der Waals surface area contributed by atoms with Gasteiger partial charge in [-0.2, -0.15) is 23.5 Å². The van der Waals surface area contributed by atoms with Crippen molar-refractivity contribution in [2.75, 3.05) is 11.5 Å². The molecule has 0 aliphatic carbocycles. The highest BCUT2D eigenvalue weighted by molar-refractivity contribution is 8.07. The summed E-state index contributed by atoms with van der Waals surface area (Å²) in [6, 6.07) is 0. The average molecular weight is 162 g/mol. The standard InChI is InChI=1S/C7H14S2/c1-3-7-6(2)8-4-5-9-7/h6-7H,3-5H2,1-2H3. The van der Waals surface area contributed by atoms with Crippen LogP contribution in [0.3, 0.4) is 0 Å². The van der Waals surface area contributed by atoms with Crippen LogP contribution in [0.25, 0.3) is 0 Å². The average Bonchev–Trinajstić information content (AvgIpc) is 1.89. The lowest BCUT2D eigenvalue weighted by Gasteiger charge is -2.26. The summed E-state index contributed by atoms with van der Waals surface area (Å²) in [5.74, 6) is 2.73. The first-order valence-corrected chi connectivity index (χ1v) is 5.67. The van der Waals surface area contributed by atoms with Gasteiger partial charge in [-0.25, -0.2) is 0 Å². The van der Waals surface area contributed by atoms with Gasteiger partial charge in [0.2, 0.25) is 0 Å². The van der Waals surface area contributed by atoms with Crippen LogP contribution in [0.5, 0.6) is 0 Å². The number of hydrogen-bond donors (Lipinski definition) is 0. The van der Waals surface area contributed by atoms with E-state index in [-0.39, 0.29) is 0 Å². The van der Waals surface area contributed by atoms with Gasteiger partial charge in [-0.05, 0) is 6.42 Å². The topological polar surface area (TPSA) is 0 Å². The van der Waals surface area contributed by atoms with E-state index in [0.717, 1.165) is 10.5 Å². The Kier molecular flexibility index (Phi) is 3.27. The van der Waals surface area contributed by atoms with E-state index >= 15 is 0 Å². The van der Waals surface area contributed by atoms with E-state index in [2.05, 4.69) is 37.4 Å². The molecule has 54 valence electrons. The molecular weight excluding hydrogens is 148 g/mol. The van der Waals surface area contributed by atoms with Gasteiger partial charge in [0.15, 0.2) is 0 Å². The molecule has 0 aromatic rings. The van der Waals surface area contributed by atoms with Crippen molar-refractivity contribution in [2.45, 2.75) is 30.8 Å². The quantitative estimate of drug-likeness (QED) is 0.581. The molecule has 1 aliphatic rings. The predicted molar refractivity (Wildman–Crippen MR) is 48.5 cm³/mol. The van der Waals surface area contributed by atoms with Crippen LogP contribution >= 0.6 is 23.5 Å². The maximum absolute atomic E-state index is 2.35. The van der Waals surface area contributed by atoms with Crippen molar-refractivity contribution in [3.63, 3.8) is 0 Å². The molecule has 1 rings (SSSR count). The molecule has 0 radical (unpaired) electrons. The van der Waals surface area contributed by atoms with Crippen LogP contribution in [0, 0.1) is 0 Å². The Morgan fingerprint density at radius 1 is 1.33 bits per heavy atom. The zero-order chi connectivity index (χ0) is 6.69. The third kappa shape index (κ3) is 2.08. The van der Waals surface area contributed by atoms with Crippen LogP contribution in [-0.2, 0) is 0 Å². The Morgan fingerprint density at radius 2 is 2.00 bits per heavy atom. The van der Waals surface area contributed by atoms with E-state index in [1.165, 1.54) is 17.9 Å². The summed E-state index contributed by atoms with van der Waals surface area (Å²) in [5, 5.41) is 1.83. The molecule has 9 heavy (non-hydrogen) atoms. The normalized spacial score (nSPS) is 36.7. The first kappa shape index (κ1) is 7.80. The second kappa shape index (κ2) is 3.77. The fourth-order valence-electron chi connectivity index (χ4n) is 1.13. The lowest BCUT2D eigenvalue weighted by atomic mass is 10.3. The molecule has 0 nitrogen and oxygen atoms in total. The van der Waals surface area contributed by atoms with Gasteiger partial charge >= 0.3 is 0 Å². The molecule has 0 spiro atoms. The summed E-state index contributed by atoms with van der Waals surface area (Å²) in [6.45, 7) is 4.64. The molecule has 1 fully saturated rings. The van der Waals surface area contributed by atoms with Crippen molar-refractivity contribution < 1.29 is 0 Å². The highest BCUT2D eigenvalue weighted by Gasteiger charge is 2.19. The van der Waals surface area contributed by atoms with Gasteiger partial charge in [-0.3, -0.25) is 0 Å². The van der Waals surface area contributed by atoms with Crippen molar-refractivity contribution in [2.24, 2.45) is 0 Å². The van der Waals surface area contributed by atoms with E-state index in [4.69, 9.17) is 0 Å². The Morgan fingerprint density at radius 3 is 2.44 bits per heavy atom. The highest BCUT2D eigenvalue weighted by Crippen LogP contribution is 2.32. The third-order valence-electron chi connectivity index (χ3n) is 1.72. The van der Waals surface area contributed by atoms with E-state index in [1.807, 2.05) is 0 Å². The summed E-state index contributed by atoms with van der Waals surface area (Å²) < 4.78 is 0. The van der Waals surface area contributed by atoms with Gasteiger partial charge in [0.1, 0.15) is 0 Å². The van der Waals surface area contributed by atoms with Gasteiger partial charge in [0, 0.05) is 22.0 Å². The van der Waals surface area contributed by atoms with Gasteiger partial charge in [0.25, 0.3) is 0 Å². The van der Waals surface area contributed by atoms with Gasteiger partial charge in [-0.1, -0.05) is 13.8 Å². The zero-order valence-corrected chi connectivity index (χ0v) is 7.73. The van der Waals surface area contributed by atoms with Crippen LogP contribution < -0.4 is 0 Å². The Labute approximate surface area is 66.2 Å². The SMILES string of the molecule is CCC1SCCSC1C. The van der Waals surface area contributed by atoms with E-state index in [9.17, 15) is 0 Å². The summed E-state index contributed by atoms with van der Waals surface area (Å²) in [6.07, 6.45) is 1.35. The molecule has 0 aromatic carbocycles. The number of rotatable bonds is 1. The monoisotopic (exact) mass is 162 g/mol. The maximum atomic E-state index is 2.35. The largest absolute Gasteiger partial charge is 0.157 e. The van der Waals surface area contributed by atoms with Crippen molar-refractivity contribution in [3.05, 3.63) is 0 Å². The molecule has 1 heterocycles. The van der Waals surface area contributed by atoms with Crippen molar-refractivity contribution in [1.82, 2.24) is 0 Å². The summed E-state index contributed by atoms with van der Waals surface area (Å²) in [7, 11) is 0. The van der Waals surface area contributed by atoms with E-state index in [1.54, 1.807) is 0 Å². The van der Waals surface area contributed by atoms with Crippen LogP contribution in [-0.4, -0.2) is 22.0 Å². The molecular formula is C7H14S2. The minimum atomic E-state index is 0.897. The van der Waals surface area contributed by atoms with Gasteiger partial charge in [-0.15, -0.1) is 0 Å². The fraction of sp³-hybridized carbons (Fsp3) is 1.00. The second-order valence-electron chi connectivity index (χ2n) is 2.39. The molecule has 0 N–H and O–H groups in total. The first-order chi connectivity index (χ1) is 4.34. The fourth-order valence-corrected chi connectivity index (χ4v) is 3.96. The van der Waals surface area contributed by atoms with Crippen molar-refractivity contribution >= 4 is 23.5 Å². The smallest absolute Gasteiger partial charge is 0.0161 e. The van der Waals surface area contributed by atoms with Crippen LogP contribution in [0.4, 0.5) is 0 Å². The molecule has 0 bridgehead atoms. The molecule has 1 aliphatic heterocycles.